The number of allylic oxidation sites excluding steroid dienone is 3. The summed E-state index contributed by atoms with van der Waals surface area (Å²) in [5.41, 5.74) is 2.34. The van der Waals surface area contributed by atoms with E-state index in [4.69, 9.17) is 4.74 Å². The van der Waals surface area contributed by atoms with Crippen LogP contribution in [0.25, 0.3) is 0 Å². The van der Waals surface area contributed by atoms with Crippen LogP contribution in [-0.2, 0) is 9.53 Å². The summed E-state index contributed by atoms with van der Waals surface area (Å²) < 4.78 is 5.99. The fourth-order valence-corrected chi connectivity index (χ4v) is 11.3. The van der Waals surface area contributed by atoms with Crippen molar-refractivity contribution in [2.24, 2.45) is 46.3 Å². The highest BCUT2D eigenvalue weighted by Gasteiger charge is 2.59. The number of carbonyl (C=O) groups is 1. The molecular weight excluding hydrogens is 588 g/mol. The van der Waals surface area contributed by atoms with Gasteiger partial charge >= 0.3 is 5.97 Å². The lowest BCUT2D eigenvalue weighted by Crippen LogP contribution is -2.51. The third-order valence-electron chi connectivity index (χ3n) is 14.3. The van der Waals surface area contributed by atoms with Crippen molar-refractivity contribution >= 4 is 5.97 Å². The van der Waals surface area contributed by atoms with Crippen molar-refractivity contribution < 1.29 is 14.6 Å². The Bertz CT molecular complexity index is 1010. The van der Waals surface area contributed by atoms with Gasteiger partial charge in [0.2, 0.25) is 0 Å². The standard InChI is InChI=1S/C45H78O3/c1-7-8-9-10-11-12-13-14-15-16-17-18-19-20-24-42(46)43(47)48-37-29-31-44(5)36(33-37)25-26-38-40-28-27-39(35(4)23-21-22-34(2)3)45(40,6)32-30-41(38)44/h14-15,25,34-35,37-42,46H,7-13,16-24,26-33H2,1-6H3/b15-14-/t35-,37+,38+,39-,40+,41+,42?,44+,45-/m1/s1. The molecule has 0 aliphatic heterocycles. The summed E-state index contributed by atoms with van der Waals surface area (Å²) in [6.45, 7) is 14.8. The SMILES string of the molecule is CCCCCCCC/C=C\CCCCCCC(O)C(=O)O[C@H]1CC[C@@]2(C)C(=CC[C@H]3[C@@H]4CC[C@H]([C@H](C)CCCC(C)C)[C@@]4(C)CC[C@@H]32)C1. The molecule has 0 spiro atoms. The summed E-state index contributed by atoms with van der Waals surface area (Å²) in [4.78, 5) is 12.9. The minimum Gasteiger partial charge on any atom is -0.460 e. The van der Waals surface area contributed by atoms with Crippen molar-refractivity contribution in [2.75, 3.05) is 0 Å². The first-order valence-electron chi connectivity index (χ1n) is 21.3. The van der Waals surface area contributed by atoms with Gasteiger partial charge in [-0.25, -0.2) is 4.79 Å². The number of aliphatic hydroxyl groups excluding tert-OH is 1. The Balaban J connectivity index is 1.14. The summed E-state index contributed by atoms with van der Waals surface area (Å²) in [6.07, 6.45) is 35.7. The maximum atomic E-state index is 12.9. The molecule has 3 fully saturated rings. The molecule has 48 heavy (non-hydrogen) atoms. The molecule has 4 rings (SSSR count). The van der Waals surface area contributed by atoms with Crippen LogP contribution in [0.3, 0.4) is 0 Å². The Labute approximate surface area is 297 Å². The molecule has 3 nitrogen and oxygen atoms in total. The number of hydrogen-bond donors (Lipinski definition) is 1. The molecular formula is C45H78O3. The number of rotatable bonds is 21. The Morgan fingerprint density at radius 1 is 0.833 bits per heavy atom. The number of aliphatic hydroxyl groups is 1. The predicted octanol–water partition coefficient (Wildman–Crippen LogP) is 12.9. The zero-order valence-electron chi connectivity index (χ0n) is 32.6. The van der Waals surface area contributed by atoms with Gasteiger partial charge in [0.05, 0.1) is 0 Å². The van der Waals surface area contributed by atoms with Crippen molar-refractivity contribution in [1.29, 1.82) is 0 Å². The molecule has 0 radical (unpaired) electrons. The van der Waals surface area contributed by atoms with Crippen LogP contribution in [0, 0.1) is 46.3 Å². The molecule has 4 aliphatic rings. The molecule has 0 aromatic heterocycles. The van der Waals surface area contributed by atoms with E-state index >= 15 is 0 Å². The smallest absolute Gasteiger partial charge is 0.335 e. The molecule has 0 heterocycles. The summed E-state index contributed by atoms with van der Waals surface area (Å²) in [5, 5.41) is 10.6. The van der Waals surface area contributed by atoms with E-state index in [0.29, 0.717) is 11.8 Å². The van der Waals surface area contributed by atoms with Crippen molar-refractivity contribution in [3.63, 3.8) is 0 Å². The number of unbranched alkanes of at least 4 members (excludes halogenated alkanes) is 10. The van der Waals surface area contributed by atoms with Gasteiger partial charge in [-0.1, -0.05) is 136 Å². The first kappa shape index (κ1) is 39.7. The van der Waals surface area contributed by atoms with Crippen molar-refractivity contribution in [3.8, 4) is 0 Å². The first-order chi connectivity index (χ1) is 23.1. The molecule has 1 unspecified atom stereocenters. The van der Waals surface area contributed by atoms with E-state index in [0.717, 1.165) is 74.0 Å². The molecule has 0 amide bonds. The Kier molecular flexibility index (Phi) is 16.1. The number of esters is 1. The summed E-state index contributed by atoms with van der Waals surface area (Å²) >= 11 is 0. The minimum atomic E-state index is -0.973. The van der Waals surface area contributed by atoms with Gasteiger partial charge in [0.15, 0.2) is 6.10 Å². The van der Waals surface area contributed by atoms with E-state index in [1.54, 1.807) is 5.57 Å². The average molecular weight is 667 g/mol. The van der Waals surface area contributed by atoms with Crippen LogP contribution < -0.4 is 0 Å². The highest BCUT2D eigenvalue weighted by Crippen LogP contribution is 2.67. The monoisotopic (exact) mass is 667 g/mol. The van der Waals surface area contributed by atoms with E-state index in [9.17, 15) is 9.90 Å². The van der Waals surface area contributed by atoms with Crippen LogP contribution >= 0.6 is 0 Å². The zero-order chi connectivity index (χ0) is 34.6. The number of carbonyl (C=O) groups excluding carboxylic acids is 1. The lowest BCUT2D eigenvalue weighted by Gasteiger charge is -2.58. The van der Waals surface area contributed by atoms with E-state index in [2.05, 4.69) is 59.8 Å². The zero-order valence-corrected chi connectivity index (χ0v) is 32.6. The normalized spacial score (nSPS) is 32.8. The van der Waals surface area contributed by atoms with Crippen LogP contribution in [0.15, 0.2) is 23.8 Å². The van der Waals surface area contributed by atoms with Crippen molar-refractivity contribution in [1.82, 2.24) is 0 Å². The van der Waals surface area contributed by atoms with Gasteiger partial charge in [-0.05, 0) is 123 Å². The van der Waals surface area contributed by atoms with Crippen molar-refractivity contribution in [2.45, 2.75) is 208 Å². The van der Waals surface area contributed by atoms with E-state index in [1.807, 2.05) is 0 Å². The molecule has 0 bridgehead atoms. The van der Waals surface area contributed by atoms with Gasteiger partial charge < -0.3 is 9.84 Å². The first-order valence-corrected chi connectivity index (χ1v) is 21.3. The van der Waals surface area contributed by atoms with Crippen LogP contribution in [0.4, 0.5) is 0 Å². The lowest BCUT2D eigenvalue weighted by molar-refractivity contribution is -0.161. The van der Waals surface area contributed by atoms with Crippen LogP contribution in [0.5, 0.6) is 0 Å². The Morgan fingerprint density at radius 3 is 2.23 bits per heavy atom. The molecule has 3 saturated carbocycles. The molecule has 4 aliphatic carbocycles. The van der Waals surface area contributed by atoms with Crippen LogP contribution in [-0.4, -0.2) is 23.3 Å². The highest BCUT2D eigenvalue weighted by molar-refractivity contribution is 5.74. The second kappa shape index (κ2) is 19.5. The quantitative estimate of drug-likeness (QED) is 0.0753. The molecule has 3 heteroatoms. The molecule has 0 aromatic carbocycles. The number of hydrogen-bond acceptors (Lipinski definition) is 3. The maximum Gasteiger partial charge on any atom is 0.335 e. The fraction of sp³-hybridized carbons (Fsp3) is 0.889. The third-order valence-corrected chi connectivity index (χ3v) is 14.3. The number of ether oxygens (including phenoxy) is 1. The summed E-state index contributed by atoms with van der Waals surface area (Å²) in [6, 6.07) is 0. The van der Waals surface area contributed by atoms with E-state index in [1.165, 1.54) is 109 Å². The van der Waals surface area contributed by atoms with Gasteiger partial charge in [0.1, 0.15) is 6.10 Å². The second-order valence-corrected chi connectivity index (χ2v) is 18.1. The van der Waals surface area contributed by atoms with Gasteiger partial charge in [-0.15, -0.1) is 0 Å². The van der Waals surface area contributed by atoms with Crippen LogP contribution in [0.2, 0.25) is 0 Å². The molecule has 0 aromatic rings. The molecule has 1 N–H and O–H groups in total. The molecule has 276 valence electrons. The molecule has 9 atom stereocenters. The highest BCUT2D eigenvalue weighted by atomic mass is 16.6. The predicted molar refractivity (Wildman–Crippen MR) is 204 cm³/mol. The van der Waals surface area contributed by atoms with Gasteiger partial charge in [-0.3, -0.25) is 0 Å². The summed E-state index contributed by atoms with van der Waals surface area (Å²) in [5.74, 6) is 4.68. The average Bonchev–Trinajstić information content (AvgIpc) is 3.42. The van der Waals surface area contributed by atoms with E-state index in [-0.39, 0.29) is 17.5 Å². The maximum absolute atomic E-state index is 12.9. The van der Waals surface area contributed by atoms with Gasteiger partial charge in [-0.2, -0.15) is 0 Å². The second-order valence-electron chi connectivity index (χ2n) is 18.1. The number of fused-ring (bicyclic) bond motifs is 5. The topological polar surface area (TPSA) is 46.5 Å². The van der Waals surface area contributed by atoms with Crippen molar-refractivity contribution in [3.05, 3.63) is 23.8 Å². The largest absolute Gasteiger partial charge is 0.460 e. The Morgan fingerprint density at radius 2 is 1.52 bits per heavy atom. The lowest BCUT2D eigenvalue weighted by atomic mass is 9.47. The minimum absolute atomic E-state index is 0.0671. The Hall–Kier alpha value is -1.09. The van der Waals surface area contributed by atoms with Crippen LogP contribution in [0.1, 0.15) is 196 Å². The third kappa shape index (κ3) is 10.5. The fourth-order valence-electron chi connectivity index (χ4n) is 11.3. The van der Waals surface area contributed by atoms with Gasteiger partial charge in [0, 0.05) is 6.42 Å². The molecule has 0 saturated heterocycles. The summed E-state index contributed by atoms with van der Waals surface area (Å²) in [7, 11) is 0. The van der Waals surface area contributed by atoms with Gasteiger partial charge in [0.25, 0.3) is 0 Å². The van der Waals surface area contributed by atoms with E-state index < -0.39 is 6.10 Å².